The van der Waals surface area contributed by atoms with E-state index >= 15 is 0 Å². The van der Waals surface area contributed by atoms with Crippen molar-refractivity contribution in [2.45, 2.75) is 44.9 Å². The van der Waals surface area contributed by atoms with Crippen LogP contribution >= 0.6 is 0 Å². The number of aromatic carboxylic acids is 4. The van der Waals surface area contributed by atoms with Gasteiger partial charge in [0.05, 0.1) is 38.9 Å². The maximum Gasteiger partial charge on any atom is 0.336 e. The Labute approximate surface area is 481 Å². The van der Waals surface area contributed by atoms with Gasteiger partial charge in [0.1, 0.15) is 34.5 Å². The van der Waals surface area contributed by atoms with E-state index in [0.717, 1.165) is 30.7 Å². The van der Waals surface area contributed by atoms with Crippen molar-refractivity contribution in [1.29, 1.82) is 0 Å². The molecule has 0 aromatic heterocycles. The molecule has 8 aromatic rings. The molecule has 19 nitrogen and oxygen atoms in total. The highest BCUT2D eigenvalue weighted by molar-refractivity contribution is 6.12. The number of hydrogen-bond acceptors (Lipinski definition) is 12. The monoisotopic (exact) mass is 1130 g/mol. The first-order valence-electron chi connectivity index (χ1n) is 26.0. The van der Waals surface area contributed by atoms with Crippen LogP contribution in [0.15, 0.2) is 170 Å². The summed E-state index contributed by atoms with van der Waals surface area (Å²) in [5, 5.41) is 49.5. The quantitative estimate of drug-likeness (QED) is 0.0371. The molecule has 1 aliphatic carbocycles. The lowest BCUT2D eigenvalue weighted by Crippen LogP contribution is -2.23. The predicted octanol–water partition coefficient (Wildman–Crippen LogP) is 12.6. The molecule has 426 valence electrons. The second-order valence-corrected chi connectivity index (χ2v) is 20.2. The normalized spacial score (nSPS) is 13.5. The van der Waals surface area contributed by atoms with Gasteiger partial charge in [0.25, 0.3) is 17.7 Å². The van der Waals surface area contributed by atoms with E-state index in [9.17, 15) is 58.8 Å². The average molecular weight is 1130 g/mol. The Morgan fingerprint density at radius 3 is 1.10 bits per heavy atom. The lowest BCUT2D eigenvalue weighted by molar-refractivity contribution is 0.0682. The third-order valence-corrected chi connectivity index (χ3v) is 14.0. The number of fused-ring (bicyclic) bond motifs is 1. The number of carbonyl (C=O) groups excluding carboxylic acids is 4. The van der Waals surface area contributed by atoms with Crippen LogP contribution in [0.25, 0.3) is 0 Å². The molecule has 0 spiro atoms. The van der Waals surface area contributed by atoms with Gasteiger partial charge in [-0.05, 0) is 169 Å². The van der Waals surface area contributed by atoms with E-state index in [1.807, 2.05) is 7.05 Å². The second kappa shape index (κ2) is 24.7. The van der Waals surface area contributed by atoms with Crippen molar-refractivity contribution in [3.05, 3.63) is 231 Å². The molecular formula is C65H56N4O15. The highest BCUT2D eigenvalue weighted by Crippen LogP contribution is 2.52. The highest BCUT2D eigenvalue weighted by atomic mass is 16.5. The summed E-state index contributed by atoms with van der Waals surface area (Å²) in [6, 6.07) is 44.8. The van der Waals surface area contributed by atoms with Gasteiger partial charge in [0, 0.05) is 42.1 Å². The lowest BCUT2D eigenvalue weighted by atomic mass is 9.75. The molecule has 0 saturated carbocycles. The molecule has 0 fully saturated rings. The molecule has 19 heteroatoms. The minimum absolute atomic E-state index is 0.00391. The molecule has 1 aliphatic rings. The Hall–Kier alpha value is -11.1. The number of benzene rings is 8. The topological polar surface area (TPSA) is 293 Å². The molecule has 0 saturated heterocycles. The molecule has 1 atom stereocenters. The van der Waals surface area contributed by atoms with E-state index in [-0.39, 0.29) is 67.2 Å². The summed E-state index contributed by atoms with van der Waals surface area (Å²) < 4.78 is 17.2. The molecule has 84 heavy (non-hydrogen) atoms. The fraction of sp³-hybridized carbons (Fsp3) is 0.138. The molecule has 8 aromatic carbocycles. The van der Waals surface area contributed by atoms with Crippen molar-refractivity contribution in [2.24, 2.45) is 0 Å². The fourth-order valence-electron chi connectivity index (χ4n) is 10.00. The minimum atomic E-state index is -1.44. The third-order valence-electron chi connectivity index (χ3n) is 14.0. The van der Waals surface area contributed by atoms with Crippen LogP contribution < -0.4 is 35.5 Å². The van der Waals surface area contributed by atoms with Crippen LogP contribution in [0.3, 0.4) is 0 Å². The zero-order valence-electron chi connectivity index (χ0n) is 46.2. The number of anilines is 3. The highest BCUT2D eigenvalue weighted by Gasteiger charge is 2.45. The maximum absolute atomic E-state index is 13.2. The minimum Gasteiger partial charge on any atom is -0.478 e. The molecule has 8 N–H and O–H groups in total. The van der Waals surface area contributed by atoms with Gasteiger partial charge in [0.2, 0.25) is 0 Å². The van der Waals surface area contributed by atoms with Gasteiger partial charge >= 0.3 is 23.9 Å². The van der Waals surface area contributed by atoms with E-state index in [1.165, 1.54) is 133 Å². The Kier molecular flexibility index (Phi) is 17.4. The zero-order chi connectivity index (χ0) is 60.6. The summed E-state index contributed by atoms with van der Waals surface area (Å²) in [4.78, 5) is 97.8. The molecular weight excluding hydrogens is 1080 g/mol. The smallest absolute Gasteiger partial charge is 0.336 e. The number of Topliss-reactive ketones (excluding diaryl/α,β-unsaturated/α-hetero) is 1. The number of ether oxygens (including phenoxy) is 3. The van der Waals surface area contributed by atoms with Crippen molar-refractivity contribution in [3.8, 4) is 34.5 Å². The van der Waals surface area contributed by atoms with Gasteiger partial charge in [-0.15, -0.1) is 0 Å². The van der Waals surface area contributed by atoms with Crippen molar-refractivity contribution in [2.75, 3.05) is 30.0 Å². The van der Waals surface area contributed by atoms with Crippen LogP contribution in [0.2, 0.25) is 0 Å². The van der Waals surface area contributed by atoms with Crippen molar-refractivity contribution in [3.63, 3.8) is 0 Å². The first kappa shape index (κ1) is 59.1. The Balaban J connectivity index is 0.000000384. The number of ketones is 1. The number of carboxylic acid groups (broad SMARTS) is 4. The van der Waals surface area contributed by atoms with Crippen LogP contribution in [0, 0.1) is 0 Å². The van der Waals surface area contributed by atoms with Gasteiger partial charge in [0.15, 0.2) is 5.78 Å². The summed E-state index contributed by atoms with van der Waals surface area (Å²) >= 11 is 0. The van der Waals surface area contributed by atoms with Crippen molar-refractivity contribution >= 4 is 64.4 Å². The van der Waals surface area contributed by atoms with Crippen LogP contribution in [-0.2, 0) is 10.8 Å². The molecule has 0 bridgehead atoms. The molecule has 3 amide bonds. The summed E-state index contributed by atoms with van der Waals surface area (Å²) in [6.45, 7) is 8.32. The van der Waals surface area contributed by atoms with Gasteiger partial charge in [-0.2, -0.15) is 0 Å². The average Bonchev–Trinajstić information content (AvgIpc) is 2.18. The Bertz CT molecular complexity index is 3910. The van der Waals surface area contributed by atoms with E-state index in [1.54, 1.807) is 0 Å². The van der Waals surface area contributed by atoms with E-state index in [2.05, 4.69) is 90.6 Å². The Morgan fingerprint density at radius 1 is 0.393 bits per heavy atom. The fourth-order valence-corrected chi connectivity index (χ4v) is 10.00. The second-order valence-electron chi connectivity index (χ2n) is 20.2. The summed E-state index contributed by atoms with van der Waals surface area (Å²) in [6.07, 6.45) is 1.16. The molecule has 9 rings (SSSR count). The van der Waals surface area contributed by atoms with Gasteiger partial charge in [-0.25, -0.2) is 19.2 Å². The summed E-state index contributed by atoms with van der Waals surface area (Å²) in [5.41, 5.74) is 4.54. The number of amides is 3. The maximum atomic E-state index is 13.2. The van der Waals surface area contributed by atoms with E-state index in [0.29, 0.717) is 22.9 Å². The predicted molar refractivity (Wildman–Crippen MR) is 313 cm³/mol. The number of nitrogens with one attached hydrogen (secondary N) is 4. The van der Waals surface area contributed by atoms with Crippen molar-refractivity contribution < 1.29 is 73.0 Å². The largest absolute Gasteiger partial charge is 0.478 e. The van der Waals surface area contributed by atoms with Crippen molar-refractivity contribution in [1.82, 2.24) is 5.32 Å². The molecule has 1 unspecified atom stereocenters. The standard InChI is InChI=1S/C46H33N3O15.C19H23N/c1-23(50)32-15-11-28(19-36(32)43(54)55)63-30-13-17-34(38(21-30)45(58)59)41(52)48-24-3-7-26(8-4-24)62-27-9-5-25(6-10-27)49-42(53)35-18-14-31(22-39(35)46(60)61)64-29-12-16-33(40(51)47-2)37(20-29)44(56)57;1-18(2)13-19(3,17-8-6-5-7-16(17)18)14-9-11-15(20-4)12-10-14/h3-22H,1-2H3,(H,47,51)(H,48,52)(H,49,53)(H,54,55)(H,56,57)(H,58,59)(H,60,61);5-12,20H,13H2,1-4H3. The van der Waals surface area contributed by atoms with E-state index in [4.69, 9.17) is 14.2 Å². The molecule has 0 heterocycles. The van der Waals surface area contributed by atoms with Crippen LogP contribution in [-0.4, -0.2) is 81.9 Å². The third kappa shape index (κ3) is 13.2. The number of carboxylic acids is 4. The lowest BCUT2D eigenvalue weighted by Gasteiger charge is -2.28. The molecule has 0 aliphatic heterocycles. The van der Waals surface area contributed by atoms with E-state index < -0.39 is 58.5 Å². The first-order valence-corrected chi connectivity index (χ1v) is 26.0. The SMILES string of the molecule is CNC(=O)c1ccc(Oc2ccc(C(=O)Nc3ccc(Oc4ccc(NC(=O)c5ccc(Oc6ccc(C(C)=O)c(C(=O)O)c6)cc5C(=O)O)cc4)cc3)c(C(=O)O)c2)cc1C(=O)O.CNc1ccc(C2(C)CC(C)(C)c3ccccc32)cc1. The number of hydrogen-bond donors (Lipinski definition) is 8. The number of carbonyl (C=O) groups is 8. The summed E-state index contributed by atoms with van der Waals surface area (Å²) in [5.74, 6) is -7.51. The summed E-state index contributed by atoms with van der Waals surface area (Å²) in [7, 11) is 3.31. The van der Waals surface area contributed by atoms with Crippen LogP contribution in [0.5, 0.6) is 34.5 Å². The first-order chi connectivity index (χ1) is 40.0. The van der Waals surface area contributed by atoms with Gasteiger partial charge < -0.3 is 55.9 Å². The number of rotatable bonds is 18. The molecule has 0 radical (unpaired) electrons. The zero-order valence-corrected chi connectivity index (χ0v) is 46.2. The van der Waals surface area contributed by atoms with Gasteiger partial charge in [-0.1, -0.05) is 57.2 Å². The Morgan fingerprint density at radius 2 is 0.726 bits per heavy atom. The van der Waals surface area contributed by atoms with Crippen LogP contribution in [0.4, 0.5) is 17.1 Å². The van der Waals surface area contributed by atoms with Gasteiger partial charge in [-0.3, -0.25) is 19.2 Å². The van der Waals surface area contributed by atoms with Crippen LogP contribution in [0.1, 0.15) is 134 Å².